The number of aryl methyl sites for hydroxylation is 1. The van der Waals surface area contributed by atoms with Crippen LogP contribution in [-0.4, -0.2) is 24.9 Å². The molecule has 1 saturated carbocycles. The van der Waals surface area contributed by atoms with Crippen LogP contribution in [0.4, 0.5) is 0 Å². The minimum absolute atomic E-state index is 0.0530. The molecule has 1 aliphatic carbocycles. The first kappa shape index (κ1) is 14.4. The predicted octanol–water partition coefficient (Wildman–Crippen LogP) is 1.87. The van der Waals surface area contributed by atoms with Crippen LogP contribution in [0.15, 0.2) is 17.2 Å². The molecule has 2 unspecified atom stereocenters. The van der Waals surface area contributed by atoms with E-state index in [2.05, 4.69) is 12.2 Å². The number of amides is 1. The van der Waals surface area contributed by atoms with E-state index in [0.29, 0.717) is 11.6 Å². The topological polar surface area (TPSA) is 68.2 Å². The Hall–Kier alpha value is -1.01. The number of carbonyl (C=O) groups is 1. The fourth-order valence-electron chi connectivity index (χ4n) is 2.25. The van der Waals surface area contributed by atoms with Crippen LogP contribution in [0.25, 0.3) is 0 Å². The Bertz CT molecular complexity index is 594. The Labute approximate surface area is 117 Å². The van der Waals surface area contributed by atoms with Crippen LogP contribution in [0.2, 0.25) is 0 Å². The molecule has 1 fully saturated rings. The zero-order valence-corrected chi connectivity index (χ0v) is 12.5. The second-order valence-corrected chi connectivity index (χ2v) is 7.54. The minimum Gasteiger partial charge on any atom is -0.348 e. The number of rotatable bonds is 5. The molecule has 0 saturated heterocycles. The third kappa shape index (κ3) is 3.30. The number of hydrogen-bond donors (Lipinski definition) is 1. The third-order valence-corrected chi connectivity index (χ3v) is 4.71. The van der Waals surface area contributed by atoms with Crippen molar-refractivity contribution < 1.29 is 13.2 Å². The molecule has 106 valence electrons. The summed E-state index contributed by atoms with van der Waals surface area (Å²) in [6, 6.07) is 1.52. The van der Waals surface area contributed by atoms with Crippen LogP contribution in [0, 0.1) is 5.92 Å². The van der Waals surface area contributed by atoms with Gasteiger partial charge in [0.2, 0.25) is 0 Å². The first-order valence-electron chi connectivity index (χ1n) is 6.24. The molecule has 1 aromatic rings. The van der Waals surface area contributed by atoms with E-state index in [1.165, 1.54) is 16.8 Å². The molecule has 2 atom stereocenters. The fourth-order valence-corrected chi connectivity index (χ4v) is 3.04. The van der Waals surface area contributed by atoms with E-state index in [-0.39, 0.29) is 16.8 Å². The summed E-state index contributed by atoms with van der Waals surface area (Å²) >= 11 is 0. The second-order valence-electron chi connectivity index (χ2n) is 4.97. The maximum Gasteiger partial charge on any atom is 0.268 e. The molecular weight excluding hydrogens is 288 g/mol. The molecule has 0 bridgehead atoms. The quantitative estimate of drug-likeness (QED) is 0.844. The average molecular weight is 305 g/mol. The Morgan fingerprint density at radius 1 is 1.58 bits per heavy atom. The van der Waals surface area contributed by atoms with Crippen LogP contribution >= 0.6 is 10.7 Å². The van der Waals surface area contributed by atoms with Gasteiger partial charge in [-0.25, -0.2) is 8.42 Å². The van der Waals surface area contributed by atoms with E-state index in [1.54, 1.807) is 7.05 Å². The lowest BCUT2D eigenvalue weighted by atomic mass is 10.2. The van der Waals surface area contributed by atoms with Gasteiger partial charge in [0.1, 0.15) is 10.6 Å². The highest BCUT2D eigenvalue weighted by Crippen LogP contribution is 2.34. The summed E-state index contributed by atoms with van der Waals surface area (Å²) in [5, 5.41) is 2.91. The van der Waals surface area contributed by atoms with Crippen molar-refractivity contribution in [3.8, 4) is 0 Å². The van der Waals surface area contributed by atoms with Crippen molar-refractivity contribution in [2.75, 3.05) is 0 Å². The Balaban J connectivity index is 2.06. The average Bonchev–Trinajstić information content (AvgIpc) is 2.87. The van der Waals surface area contributed by atoms with Crippen LogP contribution < -0.4 is 5.32 Å². The number of aromatic nitrogens is 1. The van der Waals surface area contributed by atoms with E-state index >= 15 is 0 Å². The van der Waals surface area contributed by atoms with Crippen LogP contribution in [-0.2, 0) is 16.1 Å². The van der Waals surface area contributed by atoms with Crippen molar-refractivity contribution in [1.29, 1.82) is 0 Å². The number of nitrogens with zero attached hydrogens (tertiary/aromatic N) is 1. The zero-order chi connectivity index (χ0) is 14.2. The van der Waals surface area contributed by atoms with Gasteiger partial charge in [-0.05, 0) is 24.8 Å². The maximum atomic E-state index is 12.0. The normalized spacial score (nSPS) is 22.3. The van der Waals surface area contributed by atoms with Gasteiger partial charge in [-0.15, -0.1) is 0 Å². The third-order valence-electron chi connectivity index (χ3n) is 3.39. The molecule has 1 aliphatic rings. The van der Waals surface area contributed by atoms with Crippen molar-refractivity contribution in [2.24, 2.45) is 13.0 Å². The van der Waals surface area contributed by atoms with Crippen molar-refractivity contribution in [3.63, 3.8) is 0 Å². The van der Waals surface area contributed by atoms with Gasteiger partial charge in [0.15, 0.2) is 0 Å². The monoisotopic (exact) mass is 304 g/mol. The predicted molar refractivity (Wildman–Crippen MR) is 72.7 cm³/mol. The zero-order valence-electron chi connectivity index (χ0n) is 10.9. The standard InChI is InChI=1S/C12H17ClN2O3S/c1-3-4-8-5-10(8)14-12(16)11-6-9(7-15(11)2)19(13,17)18/h6-8,10H,3-5H2,1-2H3,(H,14,16). The van der Waals surface area contributed by atoms with Gasteiger partial charge in [-0.1, -0.05) is 13.3 Å². The van der Waals surface area contributed by atoms with Crippen molar-refractivity contribution in [2.45, 2.75) is 37.1 Å². The largest absolute Gasteiger partial charge is 0.348 e. The van der Waals surface area contributed by atoms with E-state index in [1.807, 2.05) is 0 Å². The lowest BCUT2D eigenvalue weighted by molar-refractivity contribution is 0.0940. The SMILES string of the molecule is CCCC1CC1NC(=O)c1cc(S(=O)(=O)Cl)cn1C. The van der Waals surface area contributed by atoms with Crippen LogP contribution in [0.1, 0.15) is 36.7 Å². The molecular formula is C12H17ClN2O3S. The Kier molecular flexibility index (Phi) is 3.92. The lowest BCUT2D eigenvalue weighted by Crippen LogP contribution is -2.28. The van der Waals surface area contributed by atoms with E-state index in [0.717, 1.165) is 19.3 Å². The summed E-state index contributed by atoms with van der Waals surface area (Å²) in [5.41, 5.74) is 0.307. The highest BCUT2D eigenvalue weighted by Gasteiger charge is 2.37. The lowest BCUT2D eigenvalue weighted by Gasteiger charge is -2.05. The first-order valence-corrected chi connectivity index (χ1v) is 8.55. The number of carbonyl (C=O) groups excluding carboxylic acids is 1. The van der Waals surface area contributed by atoms with Crippen LogP contribution in [0.3, 0.4) is 0 Å². The van der Waals surface area contributed by atoms with Crippen molar-refractivity contribution in [1.82, 2.24) is 9.88 Å². The molecule has 0 spiro atoms. The van der Waals surface area contributed by atoms with Gasteiger partial charge in [0.25, 0.3) is 15.0 Å². The molecule has 1 N–H and O–H groups in total. The van der Waals surface area contributed by atoms with Crippen molar-refractivity contribution >= 4 is 25.6 Å². The summed E-state index contributed by atoms with van der Waals surface area (Å²) in [6.07, 6.45) is 4.56. The highest BCUT2D eigenvalue weighted by molar-refractivity contribution is 8.13. The van der Waals surface area contributed by atoms with Gasteiger partial charge >= 0.3 is 0 Å². The molecule has 5 nitrogen and oxygen atoms in total. The Morgan fingerprint density at radius 2 is 2.26 bits per heavy atom. The molecule has 19 heavy (non-hydrogen) atoms. The van der Waals surface area contributed by atoms with Gasteiger partial charge in [0, 0.05) is 30.0 Å². The molecule has 0 aliphatic heterocycles. The molecule has 7 heteroatoms. The fraction of sp³-hybridized carbons (Fsp3) is 0.583. The molecule has 1 aromatic heterocycles. The van der Waals surface area contributed by atoms with Gasteiger partial charge in [-0.3, -0.25) is 4.79 Å². The number of nitrogens with one attached hydrogen (secondary N) is 1. The number of hydrogen-bond acceptors (Lipinski definition) is 3. The summed E-state index contributed by atoms with van der Waals surface area (Å²) in [5.74, 6) is 0.308. The summed E-state index contributed by atoms with van der Waals surface area (Å²) in [6.45, 7) is 2.12. The summed E-state index contributed by atoms with van der Waals surface area (Å²) in [7, 11) is 3.08. The number of halogens is 1. The maximum absolute atomic E-state index is 12.0. The minimum atomic E-state index is -3.80. The van der Waals surface area contributed by atoms with Gasteiger partial charge < -0.3 is 9.88 Å². The van der Waals surface area contributed by atoms with Crippen LogP contribution in [0.5, 0.6) is 0 Å². The van der Waals surface area contributed by atoms with Gasteiger partial charge in [0.05, 0.1) is 0 Å². The summed E-state index contributed by atoms with van der Waals surface area (Å²) < 4.78 is 23.9. The molecule has 1 amide bonds. The Morgan fingerprint density at radius 3 is 2.79 bits per heavy atom. The molecule has 2 rings (SSSR count). The van der Waals surface area contributed by atoms with Crippen molar-refractivity contribution in [3.05, 3.63) is 18.0 Å². The summed E-state index contributed by atoms with van der Waals surface area (Å²) in [4.78, 5) is 12.0. The molecule has 0 aromatic carbocycles. The second kappa shape index (κ2) is 5.17. The van der Waals surface area contributed by atoms with E-state index in [4.69, 9.17) is 10.7 Å². The first-order chi connectivity index (χ1) is 8.82. The smallest absolute Gasteiger partial charge is 0.268 e. The highest BCUT2D eigenvalue weighted by atomic mass is 35.7. The van der Waals surface area contributed by atoms with E-state index in [9.17, 15) is 13.2 Å². The molecule has 0 radical (unpaired) electrons. The van der Waals surface area contributed by atoms with E-state index < -0.39 is 9.05 Å². The van der Waals surface area contributed by atoms with Gasteiger partial charge in [-0.2, -0.15) is 0 Å². The molecule has 1 heterocycles.